The molecule has 0 aliphatic rings. The van der Waals surface area contributed by atoms with Gasteiger partial charge < -0.3 is 10.1 Å². The van der Waals surface area contributed by atoms with Crippen molar-refractivity contribution in [3.63, 3.8) is 0 Å². The summed E-state index contributed by atoms with van der Waals surface area (Å²) in [7, 11) is -2.22. The molecule has 1 atom stereocenters. The number of hydrogen-bond acceptors (Lipinski definition) is 4. The minimum Gasteiger partial charge on any atom is -0.497 e. The summed E-state index contributed by atoms with van der Waals surface area (Å²) in [5, 5.41) is 7.93. The van der Waals surface area contributed by atoms with E-state index in [9.17, 15) is 13.2 Å². The lowest BCUT2D eigenvalue weighted by Crippen LogP contribution is -2.26. The minimum absolute atomic E-state index is 0.0144. The molecule has 0 saturated heterocycles. The highest BCUT2D eigenvalue weighted by atomic mass is 32.2. The van der Waals surface area contributed by atoms with Gasteiger partial charge in [0.05, 0.1) is 18.0 Å². The zero-order valence-electron chi connectivity index (χ0n) is 12.8. The fraction of sp³-hybridized carbons (Fsp3) is 0.188. The van der Waals surface area contributed by atoms with Gasteiger partial charge in [0.2, 0.25) is 10.0 Å². The highest BCUT2D eigenvalue weighted by Gasteiger charge is 2.14. The highest BCUT2D eigenvalue weighted by molar-refractivity contribution is 7.89. The Morgan fingerprint density at radius 2 is 1.83 bits per heavy atom. The topological polar surface area (TPSA) is 98.5 Å². The maximum atomic E-state index is 12.2. The predicted molar refractivity (Wildman–Crippen MR) is 86.7 cm³/mol. The van der Waals surface area contributed by atoms with E-state index in [2.05, 4.69) is 5.32 Å². The molecule has 6 nitrogen and oxygen atoms in total. The van der Waals surface area contributed by atoms with Gasteiger partial charge in [-0.3, -0.25) is 4.79 Å². The standard InChI is InChI=1S/C16H18N2O4S/c1-11(13-4-3-5-15(10-13)23(17,20)21)18-16(19)12-6-8-14(22-2)9-7-12/h3-11H,1-2H3,(H,18,19)(H2,17,20,21)/t11-/m0/s1. The average Bonchev–Trinajstić information content (AvgIpc) is 2.54. The highest BCUT2D eigenvalue weighted by Crippen LogP contribution is 2.18. The molecule has 1 amide bonds. The summed E-state index contributed by atoms with van der Waals surface area (Å²) in [5.41, 5.74) is 1.14. The molecular weight excluding hydrogens is 316 g/mol. The van der Waals surface area contributed by atoms with Crippen LogP contribution < -0.4 is 15.2 Å². The lowest BCUT2D eigenvalue weighted by molar-refractivity contribution is 0.0940. The molecule has 0 heterocycles. The van der Waals surface area contributed by atoms with Crippen LogP contribution in [0.3, 0.4) is 0 Å². The number of primary sulfonamides is 1. The van der Waals surface area contributed by atoms with E-state index in [1.807, 2.05) is 0 Å². The minimum atomic E-state index is -3.77. The van der Waals surface area contributed by atoms with Crippen LogP contribution >= 0.6 is 0 Å². The molecule has 122 valence electrons. The van der Waals surface area contributed by atoms with Crippen molar-refractivity contribution in [3.8, 4) is 5.75 Å². The Kier molecular flexibility index (Phi) is 5.02. The molecule has 2 rings (SSSR count). The number of carbonyl (C=O) groups is 1. The van der Waals surface area contributed by atoms with Crippen LogP contribution in [0.5, 0.6) is 5.75 Å². The Labute approximate surface area is 135 Å². The van der Waals surface area contributed by atoms with Crippen LogP contribution in [0.2, 0.25) is 0 Å². The van der Waals surface area contributed by atoms with Crippen LogP contribution in [0.25, 0.3) is 0 Å². The lowest BCUT2D eigenvalue weighted by atomic mass is 10.1. The van der Waals surface area contributed by atoms with Crippen molar-refractivity contribution in [2.75, 3.05) is 7.11 Å². The molecule has 0 aliphatic carbocycles. The summed E-state index contributed by atoms with van der Waals surface area (Å²) in [5.74, 6) is 0.400. The van der Waals surface area contributed by atoms with E-state index in [-0.39, 0.29) is 16.8 Å². The van der Waals surface area contributed by atoms with Crippen molar-refractivity contribution in [3.05, 3.63) is 59.7 Å². The van der Waals surface area contributed by atoms with Gasteiger partial charge in [-0.2, -0.15) is 0 Å². The molecule has 3 N–H and O–H groups in total. The fourth-order valence-corrected chi connectivity index (χ4v) is 2.64. The first-order chi connectivity index (χ1) is 10.8. The van der Waals surface area contributed by atoms with Gasteiger partial charge in [0.1, 0.15) is 5.75 Å². The van der Waals surface area contributed by atoms with E-state index >= 15 is 0 Å². The van der Waals surface area contributed by atoms with Crippen molar-refractivity contribution in [1.82, 2.24) is 5.32 Å². The molecule has 0 spiro atoms. The van der Waals surface area contributed by atoms with Crippen LogP contribution in [-0.2, 0) is 10.0 Å². The number of amides is 1. The third-order valence-corrected chi connectivity index (χ3v) is 4.30. The summed E-state index contributed by atoms with van der Waals surface area (Å²) in [6.07, 6.45) is 0. The Morgan fingerprint density at radius 3 is 2.39 bits per heavy atom. The van der Waals surface area contributed by atoms with Crippen molar-refractivity contribution in [2.24, 2.45) is 5.14 Å². The molecule has 0 unspecified atom stereocenters. The number of nitrogens with two attached hydrogens (primary N) is 1. The van der Waals surface area contributed by atoms with Crippen LogP contribution in [-0.4, -0.2) is 21.4 Å². The molecule has 0 bridgehead atoms. The maximum absolute atomic E-state index is 12.2. The van der Waals surface area contributed by atoms with Gasteiger partial charge in [-0.25, -0.2) is 13.6 Å². The van der Waals surface area contributed by atoms with Crippen LogP contribution in [0.4, 0.5) is 0 Å². The lowest BCUT2D eigenvalue weighted by Gasteiger charge is -2.15. The predicted octanol–water partition coefficient (Wildman–Crippen LogP) is 1.83. The second-order valence-electron chi connectivity index (χ2n) is 5.04. The Hall–Kier alpha value is -2.38. The Morgan fingerprint density at radius 1 is 1.17 bits per heavy atom. The molecule has 7 heteroatoms. The number of carbonyl (C=O) groups excluding carboxylic acids is 1. The monoisotopic (exact) mass is 334 g/mol. The van der Waals surface area contributed by atoms with Gasteiger partial charge in [0.25, 0.3) is 5.91 Å². The molecular formula is C16H18N2O4S. The van der Waals surface area contributed by atoms with Crippen molar-refractivity contribution < 1.29 is 17.9 Å². The quantitative estimate of drug-likeness (QED) is 0.871. The first kappa shape index (κ1) is 17.0. The summed E-state index contributed by atoms with van der Waals surface area (Å²) < 4.78 is 27.8. The second kappa shape index (κ2) is 6.80. The second-order valence-corrected chi connectivity index (χ2v) is 6.60. The maximum Gasteiger partial charge on any atom is 0.251 e. The third kappa shape index (κ3) is 4.30. The van der Waals surface area contributed by atoms with E-state index in [1.165, 1.54) is 12.1 Å². The van der Waals surface area contributed by atoms with E-state index in [4.69, 9.17) is 9.88 Å². The van der Waals surface area contributed by atoms with E-state index < -0.39 is 10.0 Å². The first-order valence-electron chi connectivity index (χ1n) is 6.89. The number of hydrogen-bond donors (Lipinski definition) is 2. The largest absolute Gasteiger partial charge is 0.497 e. The van der Waals surface area contributed by atoms with Gasteiger partial charge in [-0.15, -0.1) is 0 Å². The molecule has 0 saturated carbocycles. The van der Waals surface area contributed by atoms with Crippen molar-refractivity contribution in [1.29, 1.82) is 0 Å². The molecule has 0 aromatic heterocycles. The first-order valence-corrected chi connectivity index (χ1v) is 8.43. The van der Waals surface area contributed by atoms with Crippen molar-refractivity contribution in [2.45, 2.75) is 17.9 Å². The smallest absolute Gasteiger partial charge is 0.251 e. The number of methoxy groups -OCH3 is 1. The van der Waals surface area contributed by atoms with Gasteiger partial charge >= 0.3 is 0 Å². The molecule has 2 aromatic carbocycles. The van der Waals surface area contributed by atoms with Gasteiger partial charge in [-0.05, 0) is 48.9 Å². The summed E-state index contributed by atoms with van der Waals surface area (Å²) >= 11 is 0. The number of ether oxygens (including phenoxy) is 1. The average molecular weight is 334 g/mol. The molecule has 0 fully saturated rings. The Balaban J connectivity index is 2.14. The molecule has 0 aliphatic heterocycles. The molecule has 2 aromatic rings. The zero-order valence-corrected chi connectivity index (χ0v) is 13.6. The number of sulfonamides is 1. The van der Waals surface area contributed by atoms with Crippen LogP contribution in [0.1, 0.15) is 28.9 Å². The normalized spacial score (nSPS) is 12.5. The van der Waals surface area contributed by atoms with E-state index in [1.54, 1.807) is 50.4 Å². The van der Waals surface area contributed by atoms with Crippen LogP contribution in [0, 0.1) is 0 Å². The van der Waals surface area contributed by atoms with E-state index in [0.717, 1.165) is 0 Å². The van der Waals surface area contributed by atoms with E-state index in [0.29, 0.717) is 16.9 Å². The van der Waals surface area contributed by atoms with Crippen molar-refractivity contribution >= 4 is 15.9 Å². The summed E-state index contributed by atoms with van der Waals surface area (Å²) in [4.78, 5) is 12.2. The molecule has 23 heavy (non-hydrogen) atoms. The van der Waals surface area contributed by atoms with Crippen LogP contribution in [0.15, 0.2) is 53.4 Å². The fourth-order valence-electron chi connectivity index (χ4n) is 2.07. The number of rotatable bonds is 5. The molecule has 0 radical (unpaired) electrons. The van der Waals surface area contributed by atoms with Gasteiger partial charge in [-0.1, -0.05) is 12.1 Å². The van der Waals surface area contributed by atoms with Gasteiger partial charge in [0.15, 0.2) is 0 Å². The zero-order chi connectivity index (χ0) is 17.0. The summed E-state index contributed by atoms with van der Waals surface area (Å²) in [6.45, 7) is 1.77. The SMILES string of the molecule is COc1ccc(C(=O)N[C@@H](C)c2cccc(S(N)(=O)=O)c2)cc1. The van der Waals surface area contributed by atoms with Gasteiger partial charge in [0, 0.05) is 5.56 Å². The number of nitrogens with one attached hydrogen (secondary N) is 1. The number of benzene rings is 2. The third-order valence-electron chi connectivity index (χ3n) is 3.39. The Bertz CT molecular complexity index is 801. The summed E-state index contributed by atoms with van der Waals surface area (Å²) in [6, 6.07) is 12.5.